The molecule has 0 saturated carbocycles. The predicted molar refractivity (Wildman–Crippen MR) is 80.9 cm³/mol. The van der Waals surface area contributed by atoms with Gasteiger partial charge in [-0.3, -0.25) is 9.78 Å². The highest BCUT2D eigenvalue weighted by molar-refractivity contribution is 5.92. The van der Waals surface area contributed by atoms with E-state index in [0.717, 1.165) is 5.69 Å². The number of hydrogen-bond donors (Lipinski definition) is 1. The van der Waals surface area contributed by atoms with Gasteiger partial charge >= 0.3 is 0 Å². The molecule has 1 aromatic carbocycles. The van der Waals surface area contributed by atoms with Crippen LogP contribution in [0.4, 0.5) is 5.69 Å². The van der Waals surface area contributed by atoms with Crippen molar-refractivity contribution < 1.29 is 4.79 Å². The summed E-state index contributed by atoms with van der Waals surface area (Å²) in [4.78, 5) is 18.1. The molecule has 2 aromatic rings. The number of benzene rings is 1. The van der Waals surface area contributed by atoms with Crippen molar-refractivity contribution in [2.75, 3.05) is 18.5 Å². The van der Waals surface area contributed by atoms with Crippen molar-refractivity contribution in [1.29, 1.82) is 0 Å². The molecule has 4 nitrogen and oxygen atoms in total. The van der Waals surface area contributed by atoms with Crippen LogP contribution < -0.4 is 10.2 Å². The van der Waals surface area contributed by atoms with E-state index in [1.807, 2.05) is 25.2 Å². The Labute approximate surface area is 119 Å². The number of anilines is 1. The van der Waals surface area contributed by atoms with E-state index in [2.05, 4.69) is 34.3 Å². The third-order valence-corrected chi connectivity index (χ3v) is 3.28. The molecule has 1 unspecified atom stereocenters. The zero-order chi connectivity index (χ0) is 14.4. The van der Waals surface area contributed by atoms with Crippen LogP contribution in [0.3, 0.4) is 0 Å². The lowest BCUT2D eigenvalue weighted by atomic mass is 10.2. The summed E-state index contributed by atoms with van der Waals surface area (Å²) in [5, 5.41) is 2.91. The lowest BCUT2D eigenvalue weighted by Gasteiger charge is -2.27. The molecule has 0 aliphatic heterocycles. The van der Waals surface area contributed by atoms with Gasteiger partial charge in [0.05, 0.1) is 0 Å². The van der Waals surface area contributed by atoms with Gasteiger partial charge in [-0.25, -0.2) is 0 Å². The molecule has 0 aliphatic carbocycles. The monoisotopic (exact) mass is 269 g/mol. The highest BCUT2D eigenvalue weighted by atomic mass is 16.1. The topological polar surface area (TPSA) is 45.2 Å². The van der Waals surface area contributed by atoms with Crippen LogP contribution in [0.15, 0.2) is 54.7 Å². The van der Waals surface area contributed by atoms with Crippen LogP contribution in [0.1, 0.15) is 17.4 Å². The van der Waals surface area contributed by atoms with Crippen molar-refractivity contribution in [3.63, 3.8) is 0 Å². The number of likely N-dealkylation sites (N-methyl/N-ethyl adjacent to an activating group) is 1. The van der Waals surface area contributed by atoms with Gasteiger partial charge in [0.2, 0.25) is 0 Å². The summed E-state index contributed by atoms with van der Waals surface area (Å²) >= 11 is 0. The Bertz CT molecular complexity index is 542. The van der Waals surface area contributed by atoms with Crippen molar-refractivity contribution in [2.45, 2.75) is 13.0 Å². The first kappa shape index (κ1) is 14.1. The molecule has 0 spiro atoms. The van der Waals surface area contributed by atoms with E-state index in [4.69, 9.17) is 0 Å². The standard InChI is InChI=1S/C16H19N3O/c1-13(19(2)14-8-4-3-5-9-14)12-18-16(20)15-10-6-7-11-17-15/h3-11,13H,12H2,1-2H3,(H,18,20). The molecular formula is C16H19N3O. The lowest BCUT2D eigenvalue weighted by molar-refractivity contribution is 0.0946. The quantitative estimate of drug-likeness (QED) is 0.906. The van der Waals surface area contributed by atoms with Crippen LogP contribution in [-0.2, 0) is 0 Å². The molecule has 1 atom stereocenters. The maximum atomic E-state index is 11.9. The Morgan fingerprint density at radius 3 is 2.55 bits per heavy atom. The van der Waals surface area contributed by atoms with Gasteiger partial charge in [-0.2, -0.15) is 0 Å². The molecule has 2 rings (SSSR count). The van der Waals surface area contributed by atoms with Gasteiger partial charge in [0.15, 0.2) is 0 Å². The fraction of sp³-hybridized carbons (Fsp3) is 0.250. The smallest absolute Gasteiger partial charge is 0.269 e. The molecule has 1 aromatic heterocycles. The van der Waals surface area contributed by atoms with E-state index in [0.29, 0.717) is 12.2 Å². The second kappa shape index (κ2) is 6.70. The number of aromatic nitrogens is 1. The SMILES string of the molecule is CC(CNC(=O)c1ccccn1)N(C)c1ccccc1. The van der Waals surface area contributed by atoms with Crippen molar-refractivity contribution in [3.8, 4) is 0 Å². The molecule has 1 N–H and O–H groups in total. The maximum absolute atomic E-state index is 11.9. The van der Waals surface area contributed by atoms with E-state index < -0.39 is 0 Å². The Morgan fingerprint density at radius 2 is 1.90 bits per heavy atom. The van der Waals surface area contributed by atoms with Gasteiger partial charge in [0, 0.05) is 31.5 Å². The second-order valence-electron chi connectivity index (χ2n) is 4.72. The van der Waals surface area contributed by atoms with Gasteiger partial charge in [-0.1, -0.05) is 24.3 Å². The summed E-state index contributed by atoms with van der Waals surface area (Å²) in [5.74, 6) is -0.140. The van der Waals surface area contributed by atoms with Crippen LogP contribution in [0.25, 0.3) is 0 Å². The number of para-hydroxylation sites is 1. The maximum Gasteiger partial charge on any atom is 0.269 e. The normalized spacial score (nSPS) is 11.7. The van der Waals surface area contributed by atoms with E-state index in [-0.39, 0.29) is 11.9 Å². The average Bonchev–Trinajstić information content (AvgIpc) is 2.53. The van der Waals surface area contributed by atoms with Crippen molar-refractivity contribution in [2.24, 2.45) is 0 Å². The molecule has 20 heavy (non-hydrogen) atoms. The Morgan fingerprint density at radius 1 is 1.20 bits per heavy atom. The van der Waals surface area contributed by atoms with Crippen molar-refractivity contribution in [3.05, 3.63) is 60.4 Å². The minimum Gasteiger partial charge on any atom is -0.370 e. The lowest BCUT2D eigenvalue weighted by Crippen LogP contribution is -2.40. The molecule has 1 amide bonds. The first-order valence-electron chi connectivity index (χ1n) is 6.65. The van der Waals surface area contributed by atoms with Crippen LogP contribution in [-0.4, -0.2) is 30.5 Å². The fourth-order valence-corrected chi connectivity index (χ4v) is 1.88. The Balaban J connectivity index is 1.89. The number of nitrogens with one attached hydrogen (secondary N) is 1. The van der Waals surface area contributed by atoms with Gasteiger partial charge in [-0.15, -0.1) is 0 Å². The van der Waals surface area contributed by atoms with E-state index in [1.165, 1.54) is 0 Å². The van der Waals surface area contributed by atoms with E-state index >= 15 is 0 Å². The summed E-state index contributed by atoms with van der Waals surface area (Å²) in [7, 11) is 2.02. The van der Waals surface area contributed by atoms with Gasteiger partial charge in [-0.05, 0) is 31.2 Å². The molecule has 0 bridgehead atoms. The number of carbonyl (C=O) groups is 1. The van der Waals surface area contributed by atoms with Crippen LogP contribution >= 0.6 is 0 Å². The van der Waals surface area contributed by atoms with Crippen LogP contribution in [0.5, 0.6) is 0 Å². The fourth-order valence-electron chi connectivity index (χ4n) is 1.88. The van der Waals surface area contributed by atoms with Crippen molar-refractivity contribution >= 4 is 11.6 Å². The van der Waals surface area contributed by atoms with Crippen LogP contribution in [0, 0.1) is 0 Å². The highest BCUT2D eigenvalue weighted by Crippen LogP contribution is 2.13. The zero-order valence-corrected chi connectivity index (χ0v) is 11.8. The first-order chi connectivity index (χ1) is 9.68. The number of rotatable bonds is 5. The third-order valence-electron chi connectivity index (χ3n) is 3.28. The number of pyridine rings is 1. The minimum atomic E-state index is -0.140. The summed E-state index contributed by atoms with van der Waals surface area (Å²) in [5.41, 5.74) is 1.58. The second-order valence-corrected chi connectivity index (χ2v) is 4.72. The van der Waals surface area contributed by atoms with E-state index in [1.54, 1.807) is 24.4 Å². The van der Waals surface area contributed by atoms with Crippen molar-refractivity contribution in [1.82, 2.24) is 10.3 Å². The first-order valence-corrected chi connectivity index (χ1v) is 6.65. The average molecular weight is 269 g/mol. The summed E-state index contributed by atoms with van der Waals surface area (Å²) in [6, 6.07) is 15.6. The molecular weight excluding hydrogens is 250 g/mol. The largest absolute Gasteiger partial charge is 0.370 e. The van der Waals surface area contributed by atoms with E-state index in [9.17, 15) is 4.79 Å². The third kappa shape index (κ3) is 3.57. The molecule has 104 valence electrons. The molecule has 0 saturated heterocycles. The van der Waals surface area contributed by atoms with Crippen LogP contribution in [0.2, 0.25) is 0 Å². The number of carbonyl (C=O) groups excluding carboxylic acids is 1. The molecule has 0 aliphatic rings. The molecule has 4 heteroatoms. The van der Waals surface area contributed by atoms with Gasteiger partial charge in [0.1, 0.15) is 5.69 Å². The molecule has 0 fully saturated rings. The number of nitrogens with zero attached hydrogens (tertiary/aromatic N) is 2. The Hall–Kier alpha value is -2.36. The molecule has 0 radical (unpaired) electrons. The summed E-state index contributed by atoms with van der Waals surface area (Å²) in [6.07, 6.45) is 1.62. The number of hydrogen-bond acceptors (Lipinski definition) is 3. The summed E-state index contributed by atoms with van der Waals surface area (Å²) < 4.78 is 0. The van der Waals surface area contributed by atoms with Gasteiger partial charge < -0.3 is 10.2 Å². The predicted octanol–water partition coefficient (Wildman–Crippen LogP) is 2.34. The highest BCUT2D eigenvalue weighted by Gasteiger charge is 2.12. The summed E-state index contributed by atoms with van der Waals surface area (Å²) in [6.45, 7) is 2.65. The Kier molecular flexibility index (Phi) is 4.71. The zero-order valence-electron chi connectivity index (χ0n) is 11.8. The molecule has 1 heterocycles. The van der Waals surface area contributed by atoms with Gasteiger partial charge in [0.25, 0.3) is 5.91 Å². The minimum absolute atomic E-state index is 0.140. The number of amides is 1.